The monoisotopic (exact) mass is 452 g/mol. The first-order chi connectivity index (χ1) is 16.5. The van der Waals surface area contributed by atoms with E-state index < -0.39 is 0 Å². The number of ether oxygens (including phenoxy) is 1. The number of amides is 1. The molecule has 1 aromatic heterocycles. The van der Waals surface area contributed by atoms with Gasteiger partial charge in [-0.05, 0) is 53.9 Å². The molecule has 4 aromatic rings. The highest BCUT2D eigenvalue weighted by Crippen LogP contribution is 2.31. The van der Waals surface area contributed by atoms with E-state index >= 15 is 0 Å². The minimum Gasteiger partial charge on any atom is -0.454 e. The first-order valence-electron chi connectivity index (χ1n) is 11.1. The van der Waals surface area contributed by atoms with E-state index in [-0.39, 0.29) is 24.0 Å². The van der Waals surface area contributed by atoms with Crippen molar-refractivity contribution in [3.05, 3.63) is 113 Å². The zero-order valence-corrected chi connectivity index (χ0v) is 19.0. The van der Waals surface area contributed by atoms with Crippen LogP contribution in [0.2, 0.25) is 0 Å². The van der Waals surface area contributed by atoms with Crippen LogP contribution in [0.1, 0.15) is 56.5 Å². The van der Waals surface area contributed by atoms with Gasteiger partial charge in [0.25, 0.3) is 5.91 Å². The summed E-state index contributed by atoms with van der Waals surface area (Å²) in [5, 5.41) is 4.14. The highest BCUT2D eigenvalue weighted by Gasteiger charge is 2.29. The van der Waals surface area contributed by atoms with Crippen LogP contribution in [-0.2, 0) is 11.2 Å². The first kappa shape index (κ1) is 21.6. The van der Waals surface area contributed by atoms with Gasteiger partial charge in [-0.25, -0.2) is 14.5 Å². The standard InChI is InChI=1S/C27H24N4O3/c1-18(19-8-11-23(12-9-19)31-17-28-16-29-31)30(2)26(32)21-10-13-24-22(14-21)15-25(34-27(24)33)20-6-4-3-5-7-20/h3-14,16-18,25H,15H2,1-2H3/t18-,25+/m1/s1. The molecule has 0 spiro atoms. The number of cyclic esters (lactones) is 1. The second kappa shape index (κ2) is 8.94. The minimum absolute atomic E-state index is 0.106. The van der Waals surface area contributed by atoms with Crippen molar-refractivity contribution in [3.8, 4) is 5.69 Å². The number of nitrogens with zero attached hydrogens (tertiary/aromatic N) is 4. The first-order valence-corrected chi connectivity index (χ1v) is 11.1. The molecule has 7 heteroatoms. The molecule has 2 atom stereocenters. The SMILES string of the molecule is C[C@H](c1ccc(-n2cncn2)cc1)N(C)C(=O)c1ccc2c(c1)C[C@@H](c1ccccc1)OC2=O. The number of rotatable bonds is 5. The van der Waals surface area contributed by atoms with Crippen LogP contribution >= 0.6 is 0 Å². The van der Waals surface area contributed by atoms with Crippen molar-refractivity contribution in [2.24, 2.45) is 0 Å². The Morgan fingerprint density at radius 3 is 2.56 bits per heavy atom. The summed E-state index contributed by atoms with van der Waals surface area (Å²) in [6.07, 6.45) is 3.31. The molecule has 1 aliphatic rings. The number of benzene rings is 3. The molecule has 0 aliphatic carbocycles. The van der Waals surface area contributed by atoms with Gasteiger partial charge < -0.3 is 9.64 Å². The van der Waals surface area contributed by atoms with Crippen LogP contribution in [-0.4, -0.2) is 38.6 Å². The Bertz CT molecular complexity index is 1320. The molecule has 34 heavy (non-hydrogen) atoms. The molecular weight excluding hydrogens is 428 g/mol. The van der Waals surface area contributed by atoms with E-state index in [0.717, 1.165) is 22.4 Å². The van der Waals surface area contributed by atoms with E-state index in [1.165, 1.54) is 6.33 Å². The van der Waals surface area contributed by atoms with E-state index in [1.54, 1.807) is 35.1 Å². The highest BCUT2D eigenvalue weighted by atomic mass is 16.5. The van der Waals surface area contributed by atoms with Gasteiger partial charge in [-0.3, -0.25) is 4.79 Å². The predicted octanol–water partition coefficient (Wildman–Crippen LogP) is 4.55. The fourth-order valence-corrected chi connectivity index (χ4v) is 4.23. The molecule has 5 rings (SSSR count). The third-order valence-corrected chi connectivity index (χ3v) is 6.36. The predicted molar refractivity (Wildman–Crippen MR) is 127 cm³/mol. The van der Waals surface area contributed by atoms with Crippen molar-refractivity contribution in [2.45, 2.75) is 25.5 Å². The molecule has 1 aliphatic heterocycles. The van der Waals surface area contributed by atoms with Crippen molar-refractivity contribution in [3.63, 3.8) is 0 Å². The number of hydrogen-bond acceptors (Lipinski definition) is 5. The Morgan fingerprint density at radius 1 is 1.09 bits per heavy atom. The van der Waals surface area contributed by atoms with Gasteiger partial charge in [-0.2, -0.15) is 5.10 Å². The number of carbonyl (C=O) groups excluding carboxylic acids is 2. The number of carbonyl (C=O) groups is 2. The zero-order valence-electron chi connectivity index (χ0n) is 19.0. The van der Waals surface area contributed by atoms with Gasteiger partial charge in [0, 0.05) is 19.0 Å². The molecule has 7 nitrogen and oxygen atoms in total. The Kier molecular flexibility index (Phi) is 5.67. The third-order valence-electron chi connectivity index (χ3n) is 6.36. The number of aromatic nitrogens is 3. The maximum atomic E-state index is 13.3. The van der Waals surface area contributed by atoms with E-state index in [2.05, 4.69) is 10.1 Å². The van der Waals surface area contributed by atoms with Crippen molar-refractivity contribution in [1.29, 1.82) is 0 Å². The summed E-state index contributed by atoms with van der Waals surface area (Å²) in [6, 6.07) is 22.6. The molecule has 2 heterocycles. The lowest BCUT2D eigenvalue weighted by Gasteiger charge is -2.28. The smallest absolute Gasteiger partial charge is 0.339 e. The van der Waals surface area contributed by atoms with Crippen LogP contribution < -0.4 is 0 Å². The normalized spacial score (nSPS) is 15.8. The van der Waals surface area contributed by atoms with Crippen LogP contribution in [0.4, 0.5) is 0 Å². The Labute approximate surface area is 197 Å². The lowest BCUT2D eigenvalue weighted by Crippen LogP contribution is -2.30. The molecule has 1 amide bonds. The van der Waals surface area contributed by atoms with Crippen molar-refractivity contribution >= 4 is 11.9 Å². The lowest BCUT2D eigenvalue weighted by molar-refractivity contribution is 0.0252. The molecular formula is C27H24N4O3. The van der Waals surface area contributed by atoms with Crippen LogP contribution in [0.3, 0.4) is 0 Å². The number of fused-ring (bicyclic) bond motifs is 1. The van der Waals surface area contributed by atoms with Gasteiger partial charge >= 0.3 is 5.97 Å². The molecule has 0 fully saturated rings. The summed E-state index contributed by atoms with van der Waals surface area (Å²) in [6.45, 7) is 1.99. The summed E-state index contributed by atoms with van der Waals surface area (Å²) < 4.78 is 7.32. The quantitative estimate of drug-likeness (QED) is 0.415. The van der Waals surface area contributed by atoms with Crippen LogP contribution in [0.15, 0.2) is 85.5 Å². The Morgan fingerprint density at radius 2 is 1.85 bits per heavy atom. The Balaban J connectivity index is 1.35. The fourth-order valence-electron chi connectivity index (χ4n) is 4.23. The molecule has 3 aromatic carbocycles. The average Bonchev–Trinajstić information content (AvgIpc) is 3.43. The lowest BCUT2D eigenvalue weighted by atomic mass is 9.93. The van der Waals surface area contributed by atoms with Crippen molar-refractivity contribution in [1.82, 2.24) is 19.7 Å². The van der Waals surface area contributed by atoms with Crippen molar-refractivity contribution < 1.29 is 14.3 Å². The van der Waals surface area contributed by atoms with E-state index in [1.807, 2.05) is 67.6 Å². The second-order valence-electron chi connectivity index (χ2n) is 8.40. The van der Waals surface area contributed by atoms with Gasteiger partial charge in [0.2, 0.25) is 0 Å². The molecule has 0 saturated heterocycles. The molecule has 0 unspecified atom stereocenters. The minimum atomic E-state index is -0.358. The van der Waals surface area contributed by atoms with E-state index in [0.29, 0.717) is 17.5 Å². The third kappa shape index (κ3) is 4.08. The largest absolute Gasteiger partial charge is 0.454 e. The molecule has 0 N–H and O–H groups in total. The highest BCUT2D eigenvalue weighted by molar-refractivity contribution is 5.98. The van der Waals surface area contributed by atoms with E-state index in [4.69, 9.17) is 4.74 Å². The number of hydrogen-bond donors (Lipinski definition) is 0. The van der Waals surface area contributed by atoms with Crippen LogP contribution in [0.5, 0.6) is 0 Å². The molecule has 0 radical (unpaired) electrons. The van der Waals surface area contributed by atoms with Gasteiger partial charge in [-0.1, -0.05) is 42.5 Å². The summed E-state index contributed by atoms with van der Waals surface area (Å²) >= 11 is 0. The van der Waals surface area contributed by atoms with Gasteiger partial charge in [0.1, 0.15) is 18.8 Å². The van der Waals surface area contributed by atoms with Crippen molar-refractivity contribution in [2.75, 3.05) is 7.05 Å². The molecule has 0 saturated carbocycles. The second-order valence-corrected chi connectivity index (χ2v) is 8.40. The maximum absolute atomic E-state index is 13.3. The fraction of sp³-hybridized carbons (Fsp3) is 0.185. The van der Waals surface area contributed by atoms with Gasteiger partial charge in [0.05, 0.1) is 17.3 Å². The maximum Gasteiger partial charge on any atom is 0.339 e. The molecule has 0 bridgehead atoms. The van der Waals surface area contributed by atoms with Crippen LogP contribution in [0.25, 0.3) is 5.69 Å². The van der Waals surface area contributed by atoms with Crippen LogP contribution in [0, 0.1) is 0 Å². The van der Waals surface area contributed by atoms with Gasteiger partial charge in [0.15, 0.2) is 0 Å². The zero-order chi connectivity index (χ0) is 23.7. The number of esters is 1. The molecule has 170 valence electrons. The Hall–Kier alpha value is -4.26. The summed E-state index contributed by atoms with van der Waals surface area (Å²) in [5.41, 5.74) is 4.74. The topological polar surface area (TPSA) is 77.3 Å². The van der Waals surface area contributed by atoms with Gasteiger partial charge in [-0.15, -0.1) is 0 Å². The summed E-state index contributed by atoms with van der Waals surface area (Å²) in [7, 11) is 1.79. The van der Waals surface area contributed by atoms with E-state index in [9.17, 15) is 9.59 Å². The summed E-state index contributed by atoms with van der Waals surface area (Å²) in [4.78, 5) is 31.6. The summed E-state index contributed by atoms with van der Waals surface area (Å²) in [5.74, 6) is -0.464. The average molecular weight is 453 g/mol.